The first-order chi connectivity index (χ1) is 43.7. The summed E-state index contributed by atoms with van der Waals surface area (Å²) in [7, 11) is 0. The molecule has 1 aliphatic rings. The van der Waals surface area contributed by atoms with Crippen LogP contribution in [0.1, 0.15) is 373 Å². The number of ether oxygens (including phenoxy) is 3. The van der Waals surface area contributed by atoms with Crippen molar-refractivity contribution in [1.29, 1.82) is 0 Å². The summed E-state index contributed by atoms with van der Waals surface area (Å²) in [6, 6.07) is -0.826. The van der Waals surface area contributed by atoms with Gasteiger partial charge in [-0.05, 0) is 77.0 Å². The summed E-state index contributed by atoms with van der Waals surface area (Å²) in [5, 5.41) is 54.5. The van der Waals surface area contributed by atoms with Gasteiger partial charge >= 0.3 is 5.97 Å². The van der Waals surface area contributed by atoms with Gasteiger partial charge in [0.05, 0.1) is 32.0 Å². The second-order valence-electron chi connectivity index (χ2n) is 26.7. The molecule has 522 valence electrons. The number of allylic oxidation sites excluding steroid dienone is 7. The van der Waals surface area contributed by atoms with Gasteiger partial charge in [-0.15, -0.1) is 0 Å². The summed E-state index contributed by atoms with van der Waals surface area (Å²) in [5.41, 5.74) is 0. The lowest BCUT2D eigenvalue weighted by Gasteiger charge is -2.40. The summed E-state index contributed by atoms with van der Waals surface area (Å²) in [6.45, 7) is 4.36. The molecule has 11 nitrogen and oxygen atoms in total. The van der Waals surface area contributed by atoms with Crippen molar-refractivity contribution in [3.8, 4) is 0 Å². The Labute approximate surface area is 548 Å². The first kappa shape index (κ1) is 84.6. The second kappa shape index (κ2) is 67.1. The number of unbranched alkanes of at least 4 members (excludes halogenated alkanes) is 48. The number of rotatable bonds is 68. The molecule has 0 spiro atoms. The van der Waals surface area contributed by atoms with E-state index in [1.54, 1.807) is 6.08 Å². The van der Waals surface area contributed by atoms with Gasteiger partial charge in [-0.3, -0.25) is 9.59 Å². The second-order valence-corrected chi connectivity index (χ2v) is 26.7. The van der Waals surface area contributed by atoms with E-state index in [1.807, 2.05) is 6.08 Å². The lowest BCUT2D eigenvalue weighted by atomic mass is 9.99. The van der Waals surface area contributed by atoms with Crippen LogP contribution in [0.5, 0.6) is 0 Å². The Morgan fingerprint density at radius 1 is 0.416 bits per heavy atom. The van der Waals surface area contributed by atoms with Crippen LogP contribution in [0.15, 0.2) is 48.6 Å². The van der Waals surface area contributed by atoms with E-state index in [1.165, 1.54) is 289 Å². The molecular weight excluding hydrogens is 1110 g/mol. The first-order valence-electron chi connectivity index (χ1n) is 38.4. The Balaban J connectivity index is 1.94. The monoisotopic (exact) mass is 1260 g/mol. The van der Waals surface area contributed by atoms with Gasteiger partial charge in [0.2, 0.25) is 5.91 Å². The molecule has 1 fully saturated rings. The zero-order chi connectivity index (χ0) is 64.4. The standard InChI is InChI=1S/C78H145NO10/c1-3-5-7-9-11-13-15-41-45-48-52-56-60-64-71(81)70(69-88-78-77(86)76(85)75(84)72(68-80)89-78)79-73(82)65-61-57-53-49-46-42-39-37-35-33-31-29-27-25-23-21-19-17-16-18-20-22-24-26-28-30-32-34-36-38-40-43-47-51-55-59-63-67-87-74(83)66-62-58-54-50-44-14-12-10-8-6-4-2/h16,18,22,24,45,48,60,64,70-72,75-78,80-81,84-86H,3-15,17,19-21,23,25-44,46-47,49-59,61-63,65-69H2,1-2H3,(H,79,82)/b18-16-,24-22-,48-45+,64-60+. The molecular formula is C78H145NO10. The fraction of sp³-hybridized carbons (Fsp3) is 0.872. The van der Waals surface area contributed by atoms with E-state index in [0.717, 1.165) is 57.8 Å². The maximum absolute atomic E-state index is 13.1. The van der Waals surface area contributed by atoms with Gasteiger partial charge in [-0.2, -0.15) is 0 Å². The Bertz CT molecular complexity index is 1620. The topological polar surface area (TPSA) is 175 Å². The molecule has 0 aromatic heterocycles. The zero-order valence-corrected chi connectivity index (χ0v) is 58.2. The normalized spacial score (nSPS) is 17.9. The van der Waals surface area contributed by atoms with E-state index < -0.39 is 49.5 Å². The molecule has 0 radical (unpaired) electrons. The summed E-state index contributed by atoms with van der Waals surface area (Å²) >= 11 is 0. The zero-order valence-electron chi connectivity index (χ0n) is 58.2. The molecule has 1 rings (SSSR count). The van der Waals surface area contributed by atoms with Crippen LogP contribution in [0.25, 0.3) is 0 Å². The van der Waals surface area contributed by atoms with Crippen LogP contribution in [-0.4, -0.2) is 100 Å². The van der Waals surface area contributed by atoms with Crippen LogP contribution >= 0.6 is 0 Å². The summed E-state index contributed by atoms with van der Waals surface area (Å²) < 4.78 is 16.7. The number of esters is 1. The lowest BCUT2D eigenvalue weighted by Crippen LogP contribution is -2.60. The Hall–Kier alpha value is -2.38. The van der Waals surface area contributed by atoms with E-state index in [4.69, 9.17) is 14.2 Å². The first-order valence-corrected chi connectivity index (χ1v) is 38.4. The van der Waals surface area contributed by atoms with E-state index in [2.05, 4.69) is 55.6 Å². The van der Waals surface area contributed by atoms with Crippen LogP contribution in [0.3, 0.4) is 0 Å². The largest absolute Gasteiger partial charge is 0.466 e. The van der Waals surface area contributed by atoms with Crippen molar-refractivity contribution in [1.82, 2.24) is 5.32 Å². The van der Waals surface area contributed by atoms with Gasteiger partial charge in [0, 0.05) is 12.8 Å². The molecule has 0 saturated carbocycles. The number of carbonyl (C=O) groups is 2. The quantitative estimate of drug-likeness (QED) is 0.0195. The van der Waals surface area contributed by atoms with Gasteiger partial charge in [-0.1, -0.05) is 332 Å². The van der Waals surface area contributed by atoms with Crippen LogP contribution in [0, 0.1) is 0 Å². The highest BCUT2D eigenvalue weighted by atomic mass is 16.7. The van der Waals surface area contributed by atoms with E-state index in [0.29, 0.717) is 19.4 Å². The van der Waals surface area contributed by atoms with Crippen LogP contribution in [-0.2, 0) is 23.8 Å². The molecule has 1 amide bonds. The number of carbonyl (C=O) groups excluding carboxylic acids is 2. The Kier molecular flexibility index (Phi) is 63.8. The predicted molar refractivity (Wildman–Crippen MR) is 375 cm³/mol. The third kappa shape index (κ3) is 55.8. The number of hydrogen-bond donors (Lipinski definition) is 6. The number of aliphatic hydroxyl groups excluding tert-OH is 5. The van der Waals surface area contributed by atoms with Gasteiger partial charge in [-0.25, -0.2) is 0 Å². The highest BCUT2D eigenvalue weighted by molar-refractivity contribution is 5.76. The molecule has 0 aromatic carbocycles. The van der Waals surface area contributed by atoms with E-state index in [-0.39, 0.29) is 18.5 Å². The molecule has 89 heavy (non-hydrogen) atoms. The van der Waals surface area contributed by atoms with Gasteiger partial charge in [0.1, 0.15) is 24.4 Å². The molecule has 7 unspecified atom stereocenters. The Morgan fingerprint density at radius 3 is 1.18 bits per heavy atom. The van der Waals surface area contributed by atoms with Crippen LogP contribution < -0.4 is 5.32 Å². The van der Waals surface area contributed by atoms with Crippen molar-refractivity contribution in [2.75, 3.05) is 19.8 Å². The molecule has 0 bridgehead atoms. The fourth-order valence-electron chi connectivity index (χ4n) is 12.1. The predicted octanol–water partition coefficient (Wildman–Crippen LogP) is 20.3. The number of nitrogens with one attached hydrogen (secondary N) is 1. The summed E-state index contributed by atoms with van der Waals surface area (Å²) in [6.07, 6.45) is 78.5. The smallest absolute Gasteiger partial charge is 0.305 e. The van der Waals surface area contributed by atoms with Crippen molar-refractivity contribution < 1.29 is 49.3 Å². The maximum Gasteiger partial charge on any atom is 0.305 e. The molecule has 7 atom stereocenters. The van der Waals surface area contributed by atoms with E-state index >= 15 is 0 Å². The average molecular weight is 1260 g/mol. The van der Waals surface area contributed by atoms with Crippen molar-refractivity contribution >= 4 is 11.9 Å². The number of aliphatic hydroxyl groups is 5. The summed E-state index contributed by atoms with van der Waals surface area (Å²) in [4.78, 5) is 25.1. The third-order valence-electron chi connectivity index (χ3n) is 18.2. The van der Waals surface area contributed by atoms with Crippen molar-refractivity contribution in [3.05, 3.63) is 48.6 Å². The van der Waals surface area contributed by atoms with Crippen molar-refractivity contribution in [3.63, 3.8) is 0 Å². The average Bonchev–Trinajstić information content (AvgIpc) is 2.53. The maximum atomic E-state index is 13.1. The molecule has 11 heteroatoms. The number of amides is 1. The van der Waals surface area contributed by atoms with Gasteiger partial charge in [0.25, 0.3) is 0 Å². The minimum Gasteiger partial charge on any atom is -0.466 e. The molecule has 1 saturated heterocycles. The molecule has 0 aromatic rings. The third-order valence-corrected chi connectivity index (χ3v) is 18.2. The number of hydrogen-bond acceptors (Lipinski definition) is 10. The lowest BCUT2D eigenvalue weighted by molar-refractivity contribution is -0.302. The SMILES string of the molecule is CCCCCCCCC/C=C/CC/C=C/C(O)C(COC1OC(CO)C(O)C(O)C1O)NC(=O)CCCCCCCCCCCCCCCCCCC/C=C\C/C=C\CCCCCCCCCCCCCCCOC(=O)CCCCCCCCCCCCC. The van der Waals surface area contributed by atoms with Crippen LogP contribution in [0.4, 0.5) is 0 Å². The molecule has 6 N–H and O–H groups in total. The van der Waals surface area contributed by atoms with E-state index in [9.17, 15) is 35.1 Å². The highest BCUT2D eigenvalue weighted by Gasteiger charge is 2.44. The minimum absolute atomic E-state index is 0.0124. The van der Waals surface area contributed by atoms with Crippen molar-refractivity contribution in [2.45, 2.75) is 416 Å². The Morgan fingerprint density at radius 2 is 0.764 bits per heavy atom. The van der Waals surface area contributed by atoms with Gasteiger partial charge in [0.15, 0.2) is 6.29 Å². The minimum atomic E-state index is -1.58. The van der Waals surface area contributed by atoms with Crippen molar-refractivity contribution in [2.24, 2.45) is 0 Å². The highest BCUT2D eigenvalue weighted by Crippen LogP contribution is 2.23. The van der Waals surface area contributed by atoms with Crippen LogP contribution in [0.2, 0.25) is 0 Å². The molecule has 0 aliphatic carbocycles. The molecule has 1 heterocycles. The van der Waals surface area contributed by atoms with Gasteiger partial charge < -0.3 is 45.1 Å². The molecule has 1 aliphatic heterocycles. The summed E-state index contributed by atoms with van der Waals surface area (Å²) in [5.74, 6) is -0.175. The fourth-order valence-corrected chi connectivity index (χ4v) is 12.1.